The summed E-state index contributed by atoms with van der Waals surface area (Å²) in [5.74, 6) is 0. The lowest BCUT2D eigenvalue weighted by Gasteiger charge is -2.31. The minimum atomic E-state index is -0.409. The van der Waals surface area contributed by atoms with Crippen LogP contribution in [0.2, 0.25) is 0 Å². The molecule has 0 aliphatic heterocycles. The van der Waals surface area contributed by atoms with Crippen LogP contribution in [0.1, 0.15) is 22.3 Å². The molecule has 9 aromatic carbocycles. The van der Waals surface area contributed by atoms with E-state index in [0.29, 0.717) is 0 Å². The molecule has 2 aliphatic rings. The maximum Gasteiger partial charge on any atom is 0.0725 e. The van der Waals surface area contributed by atoms with Crippen molar-refractivity contribution in [1.82, 2.24) is 0 Å². The van der Waals surface area contributed by atoms with Gasteiger partial charge >= 0.3 is 0 Å². The normalized spacial score (nSPS) is 13.5. The van der Waals surface area contributed by atoms with Crippen LogP contribution in [0.5, 0.6) is 0 Å². The second kappa shape index (κ2) is 9.89. The van der Waals surface area contributed by atoms with Crippen molar-refractivity contribution in [2.45, 2.75) is 5.41 Å². The van der Waals surface area contributed by atoms with Gasteiger partial charge in [0.1, 0.15) is 0 Å². The van der Waals surface area contributed by atoms with Crippen LogP contribution in [-0.2, 0) is 5.41 Å². The Balaban J connectivity index is 1.29. The molecule has 0 nitrogen and oxygen atoms in total. The molecule has 0 saturated carbocycles. The van der Waals surface area contributed by atoms with E-state index < -0.39 is 5.41 Å². The minimum absolute atomic E-state index is 0.409. The van der Waals surface area contributed by atoms with E-state index in [1.165, 1.54) is 99.1 Å². The Labute approximate surface area is 285 Å². The van der Waals surface area contributed by atoms with Gasteiger partial charge in [-0.05, 0) is 105 Å². The molecule has 1 spiro atoms. The quantitative estimate of drug-likeness (QED) is 0.169. The monoisotopic (exact) mass is 618 g/mol. The van der Waals surface area contributed by atoms with Crippen LogP contribution < -0.4 is 0 Å². The fourth-order valence-electron chi connectivity index (χ4n) is 9.42. The largest absolute Gasteiger partial charge is 0.0725 e. The third-order valence-corrected chi connectivity index (χ3v) is 11.3. The summed E-state index contributed by atoms with van der Waals surface area (Å²) in [5, 5.41) is 7.72. The third-order valence-electron chi connectivity index (χ3n) is 11.3. The molecule has 0 saturated heterocycles. The molecule has 2 aliphatic carbocycles. The van der Waals surface area contributed by atoms with E-state index in [0.717, 1.165) is 0 Å². The second-order valence-corrected chi connectivity index (χ2v) is 13.5. The molecule has 0 radical (unpaired) electrons. The highest BCUT2D eigenvalue weighted by Gasteiger charge is 2.52. The van der Waals surface area contributed by atoms with Crippen LogP contribution in [0, 0.1) is 0 Å². The summed E-state index contributed by atoms with van der Waals surface area (Å²) < 4.78 is 0. The van der Waals surface area contributed by atoms with Crippen molar-refractivity contribution in [2.75, 3.05) is 0 Å². The van der Waals surface area contributed by atoms with E-state index in [9.17, 15) is 0 Å². The van der Waals surface area contributed by atoms with Crippen molar-refractivity contribution < 1.29 is 0 Å². The second-order valence-electron chi connectivity index (χ2n) is 13.5. The van der Waals surface area contributed by atoms with Gasteiger partial charge in [-0.2, -0.15) is 0 Å². The maximum absolute atomic E-state index is 2.54. The number of hydrogen-bond donors (Lipinski definition) is 0. The molecule has 49 heavy (non-hydrogen) atoms. The van der Waals surface area contributed by atoms with Gasteiger partial charge in [0, 0.05) is 0 Å². The Morgan fingerprint density at radius 2 is 0.776 bits per heavy atom. The highest BCUT2D eigenvalue weighted by atomic mass is 14.5. The van der Waals surface area contributed by atoms with Crippen LogP contribution in [-0.4, -0.2) is 0 Å². The summed E-state index contributed by atoms with van der Waals surface area (Å²) in [6, 6.07) is 68.0. The first-order chi connectivity index (χ1) is 24.3. The summed E-state index contributed by atoms with van der Waals surface area (Å²) >= 11 is 0. The fraction of sp³-hybridized carbons (Fsp3) is 0.0204. The Bertz CT molecular complexity index is 2720. The molecule has 0 atom stereocenters. The predicted molar refractivity (Wildman–Crippen MR) is 206 cm³/mol. The van der Waals surface area contributed by atoms with E-state index in [-0.39, 0.29) is 0 Å². The van der Waals surface area contributed by atoms with Crippen LogP contribution in [0.4, 0.5) is 0 Å². The van der Waals surface area contributed by atoms with Gasteiger partial charge in [-0.1, -0.05) is 176 Å². The Morgan fingerprint density at radius 1 is 0.265 bits per heavy atom. The number of hydrogen-bond acceptors (Lipinski definition) is 0. The fourth-order valence-corrected chi connectivity index (χ4v) is 9.42. The molecule has 0 fully saturated rings. The highest BCUT2D eigenvalue weighted by Crippen LogP contribution is 2.64. The first-order valence-electron chi connectivity index (χ1n) is 17.2. The summed E-state index contributed by atoms with van der Waals surface area (Å²) in [7, 11) is 0. The molecule has 0 amide bonds. The van der Waals surface area contributed by atoms with Gasteiger partial charge in [0.05, 0.1) is 5.41 Å². The first-order valence-corrected chi connectivity index (χ1v) is 17.2. The predicted octanol–water partition coefficient (Wildman–Crippen LogP) is 12.8. The molecular weight excluding hydrogens is 589 g/mol. The van der Waals surface area contributed by atoms with Gasteiger partial charge < -0.3 is 0 Å². The van der Waals surface area contributed by atoms with Crippen molar-refractivity contribution in [3.8, 4) is 44.5 Å². The molecule has 0 unspecified atom stereocenters. The van der Waals surface area contributed by atoms with Crippen molar-refractivity contribution in [2.24, 2.45) is 0 Å². The smallest absolute Gasteiger partial charge is 0.0622 e. The molecule has 9 aromatic rings. The standard InChI is InChI=1S/C49H30/c1-2-15-32(16-3-1)46-37-20-6-8-22-39(37)47(40-23-9-7-21-38(40)46)33-26-28-41-45(30-33)49(44-29-27-31-14-4-5-17-34(31)48(41)44)42-24-12-10-18-35(42)36-19-11-13-25-43(36)49/h1-30H. The first kappa shape index (κ1) is 26.8. The van der Waals surface area contributed by atoms with Crippen LogP contribution in [0.25, 0.3) is 76.8 Å². The average molecular weight is 619 g/mol. The van der Waals surface area contributed by atoms with Gasteiger partial charge in [0.25, 0.3) is 0 Å². The Morgan fingerprint density at radius 3 is 1.41 bits per heavy atom. The van der Waals surface area contributed by atoms with Crippen molar-refractivity contribution in [1.29, 1.82) is 0 Å². The molecule has 0 aromatic heterocycles. The van der Waals surface area contributed by atoms with E-state index in [1.807, 2.05) is 0 Å². The zero-order valence-electron chi connectivity index (χ0n) is 26.8. The number of benzene rings is 9. The highest BCUT2D eigenvalue weighted by molar-refractivity contribution is 6.21. The van der Waals surface area contributed by atoms with Crippen LogP contribution in [0.15, 0.2) is 182 Å². The van der Waals surface area contributed by atoms with Gasteiger partial charge in [-0.3, -0.25) is 0 Å². The molecule has 0 heteroatoms. The molecule has 0 N–H and O–H groups in total. The van der Waals surface area contributed by atoms with E-state index in [1.54, 1.807) is 0 Å². The minimum Gasteiger partial charge on any atom is -0.0622 e. The summed E-state index contributed by atoms with van der Waals surface area (Å²) in [6.07, 6.45) is 0. The van der Waals surface area contributed by atoms with Crippen LogP contribution >= 0.6 is 0 Å². The van der Waals surface area contributed by atoms with E-state index in [2.05, 4.69) is 182 Å². The zero-order chi connectivity index (χ0) is 32.1. The average Bonchev–Trinajstić information content (AvgIpc) is 3.64. The zero-order valence-corrected chi connectivity index (χ0v) is 26.8. The molecule has 226 valence electrons. The molecular formula is C49H30. The Kier molecular flexibility index (Phi) is 5.41. The summed E-state index contributed by atoms with van der Waals surface area (Å²) in [5.41, 5.74) is 15.5. The number of fused-ring (bicyclic) bond motifs is 14. The van der Waals surface area contributed by atoms with E-state index in [4.69, 9.17) is 0 Å². The van der Waals surface area contributed by atoms with Crippen molar-refractivity contribution >= 4 is 32.3 Å². The summed E-state index contributed by atoms with van der Waals surface area (Å²) in [6.45, 7) is 0. The topological polar surface area (TPSA) is 0 Å². The van der Waals surface area contributed by atoms with Crippen molar-refractivity contribution in [3.63, 3.8) is 0 Å². The molecule has 0 heterocycles. The molecule has 11 rings (SSSR count). The van der Waals surface area contributed by atoms with E-state index >= 15 is 0 Å². The lowest BCUT2D eigenvalue weighted by Crippen LogP contribution is -2.25. The third kappa shape index (κ3) is 3.43. The summed E-state index contributed by atoms with van der Waals surface area (Å²) in [4.78, 5) is 0. The van der Waals surface area contributed by atoms with Gasteiger partial charge in [-0.15, -0.1) is 0 Å². The maximum atomic E-state index is 2.54. The lowest BCUT2D eigenvalue weighted by atomic mass is 9.70. The van der Waals surface area contributed by atoms with Crippen molar-refractivity contribution in [3.05, 3.63) is 204 Å². The molecule has 0 bridgehead atoms. The van der Waals surface area contributed by atoms with Crippen LogP contribution in [0.3, 0.4) is 0 Å². The SMILES string of the molecule is c1ccc(-c2c3ccccc3c(-c3ccc4c(c3)C3(c5ccccc5-c5ccccc53)c3ccc5ccccc5c3-4)c3ccccc23)cc1. The Hall–Kier alpha value is -6.24. The van der Waals surface area contributed by atoms with Gasteiger partial charge in [0.2, 0.25) is 0 Å². The lowest BCUT2D eigenvalue weighted by molar-refractivity contribution is 0.795. The van der Waals surface area contributed by atoms with Gasteiger partial charge in [-0.25, -0.2) is 0 Å². The van der Waals surface area contributed by atoms with Gasteiger partial charge in [0.15, 0.2) is 0 Å². The number of rotatable bonds is 2.